The third-order valence-corrected chi connectivity index (χ3v) is 11.9. The molecule has 9 nitrogen and oxygen atoms in total. The molecular weight excluding hydrogens is 815 g/mol. The van der Waals surface area contributed by atoms with Crippen LogP contribution in [0.2, 0.25) is 0 Å². The first-order valence-corrected chi connectivity index (χ1v) is 27.2. The van der Waals surface area contributed by atoms with E-state index in [-0.39, 0.29) is 32.2 Å². The van der Waals surface area contributed by atoms with Crippen molar-refractivity contribution in [2.75, 3.05) is 47.5 Å². The standard InChI is InChI=1S/C56H103NO8/c1-6-8-10-12-14-16-18-19-20-21-22-23-24-25-26-27-28-29-30-31-32-33-34-35-37-39-41-43-45-47-54(59)65-52(51-64-56(55(60)61)62-49-48-57(3,4)5)50-63-53(58)46-44-42-40-38-36-17-15-13-11-9-7-2/h18-19,21-22,24-25,52,56H,6-17,20,23,26-51H2,1-5H3/p+1/b19-18-,22-21-,25-24-. The fourth-order valence-corrected chi connectivity index (χ4v) is 7.67. The molecule has 0 aromatic carbocycles. The Bertz CT molecular complexity index is 1160. The van der Waals surface area contributed by atoms with Gasteiger partial charge in [0, 0.05) is 12.8 Å². The van der Waals surface area contributed by atoms with Gasteiger partial charge in [-0.05, 0) is 51.4 Å². The fraction of sp³-hybridized carbons (Fsp3) is 0.839. The van der Waals surface area contributed by atoms with Crippen molar-refractivity contribution in [3.8, 4) is 0 Å². The molecule has 0 heterocycles. The average molecular weight is 919 g/mol. The van der Waals surface area contributed by atoms with Crippen molar-refractivity contribution >= 4 is 17.9 Å². The lowest BCUT2D eigenvalue weighted by Gasteiger charge is -2.25. The molecule has 380 valence electrons. The molecule has 0 aromatic rings. The van der Waals surface area contributed by atoms with Gasteiger partial charge >= 0.3 is 17.9 Å². The lowest BCUT2D eigenvalue weighted by atomic mass is 10.0. The Kier molecular flexibility index (Phi) is 46.1. The molecule has 2 unspecified atom stereocenters. The molecule has 65 heavy (non-hydrogen) atoms. The van der Waals surface area contributed by atoms with Crippen LogP contribution in [0.15, 0.2) is 36.5 Å². The fourth-order valence-electron chi connectivity index (χ4n) is 7.67. The summed E-state index contributed by atoms with van der Waals surface area (Å²) in [5.74, 6) is -2.00. The van der Waals surface area contributed by atoms with E-state index in [0.717, 1.165) is 51.4 Å². The van der Waals surface area contributed by atoms with Crippen molar-refractivity contribution in [2.24, 2.45) is 0 Å². The van der Waals surface area contributed by atoms with Crippen LogP contribution in [0.5, 0.6) is 0 Å². The number of unbranched alkanes of at least 4 members (excludes halogenated alkanes) is 29. The Balaban J connectivity index is 4.14. The summed E-state index contributed by atoms with van der Waals surface area (Å²) in [7, 11) is 5.96. The number of allylic oxidation sites excluding steroid dienone is 6. The maximum atomic E-state index is 12.8. The number of carboxylic acid groups (broad SMARTS) is 1. The van der Waals surface area contributed by atoms with E-state index >= 15 is 0 Å². The van der Waals surface area contributed by atoms with Crippen molar-refractivity contribution in [2.45, 2.75) is 257 Å². The second kappa shape index (κ2) is 48.0. The van der Waals surface area contributed by atoms with Gasteiger partial charge in [-0.1, -0.05) is 217 Å². The highest BCUT2D eigenvalue weighted by Crippen LogP contribution is 2.16. The van der Waals surface area contributed by atoms with Crippen LogP contribution in [-0.2, 0) is 33.3 Å². The van der Waals surface area contributed by atoms with Gasteiger partial charge in [0.05, 0.1) is 34.4 Å². The first-order valence-electron chi connectivity index (χ1n) is 27.2. The number of likely N-dealkylation sites (N-methyl/N-ethyl adjacent to an activating group) is 1. The molecule has 0 amide bonds. The van der Waals surface area contributed by atoms with Crippen LogP contribution in [-0.4, -0.2) is 87.4 Å². The number of carbonyl (C=O) groups excluding carboxylic acids is 2. The van der Waals surface area contributed by atoms with Gasteiger partial charge in [-0.25, -0.2) is 4.79 Å². The normalized spacial score (nSPS) is 13.1. The number of aliphatic carboxylic acids is 1. The van der Waals surface area contributed by atoms with Crippen molar-refractivity contribution in [1.29, 1.82) is 0 Å². The molecule has 9 heteroatoms. The van der Waals surface area contributed by atoms with E-state index in [2.05, 4.69) is 50.3 Å². The Labute approximate surface area is 400 Å². The van der Waals surface area contributed by atoms with E-state index in [1.54, 1.807) is 0 Å². The van der Waals surface area contributed by atoms with E-state index in [9.17, 15) is 19.5 Å². The summed E-state index contributed by atoms with van der Waals surface area (Å²) in [6.45, 7) is 4.87. The SMILES string of the molecule is CCCCCCC/C=C\C/C=C\C/C=C\CCCCCCCCCCCCCCCCC(=O)OC(COC(=O)CCCCCCCCCCCCC)COC(OCC[N+](C)(C)C)C(=O)O. The number of hydrogen-bond acceptors (Lipinski definition) is 7. The Morgan fingerprint density at radius 2 is 0.831 bits per heavy atom. The number of quaternary nitrogens is 1. The van der Waals surface area contributed by atoms with Crippen LogP contribution in [0.3, 0.4) is 0 Å². The van der Waals surface area contributed by atoms with E-state index < -0.39 is 24.3 Å². The lowest BCUT2D eigenvalue weighted by molar-refractivity contribution is -0.870. The molecular formula is C56H104NO8+. The molecule has 0 aromatic heterocycles. The molecule has 0 spiro atoms. The second-order valence-corrected chi connectivity index (χ2v) is 19.5. The number of hydrogen-bond donors (Lipinski definition) is 1. The predicted molar refractivity (Wildman–Crippen MR) is 272 cm³/mol. The first-order chi connectivity index (χ1) is 31.6. The van der Waals surface area contributed by atoms with Gasteiger partial charge in [0.1, 0.15) is 13.2 Å². The highest BCUT2D eigenvalue weighted by molar-refractivity contribution is 5.71. The van der Waals surface area contributed by atoms with Crippen LogP contribution in [0.4, 0.5) is 0 Å². The number of ether oxygens (including phenoxy) is 4. The van der Waals surface area contributed by atoms with E-state index in [4.69, 9.17) is 18.9 Å². The number of nitrogens with zero attached hydrogens (tertiary/aromatic N) is 1. The molecule has 0 aliphatic heterocycles. The zero-order valence-corrected chi connectivity index (χ0v) is 43.2. The first kappa shape index (κ1) is 62.5. The quantitative estimate of drug-likeness (QED) is 0.0211. The van der Waals surface area contributed by atoms with Gasteiger partial charge in [-0.15, -0.1) is 0 Å². The summed E-state index contributed by atoms with van der Waals surface area (Å²) in [5.41, 5.74) is 0. The van der Waals surface area contributed by atoms with Crippen LogP contribution < -0.4 is 0 Å². The van der Waals surface area contributed by atoms with Crippen LogP contribution in [0.25, 0.3) is 0 Å². The molecule has 1 N–H and O–H groups in total. The molecule has 0 saturated carbocycles. The summed E-state index contributed by atoms with van der Waals surface area (Å²) >= 11 is 0. The zero-order valence-electron chi connectivity index (χ0n) is 43.2. The molecule has 0 fully saturated rings. The van der Waals surface area contributed by atoms with Crippen LogP contribution in [0, 0.1) is 0 Å². The number of carboxylic acids is 1. The summed E-state index contributed by atoms with van der Waals surface area (Å²) < 4.78 is 22.8. The predicted octanol–water partition coefficient (Wildman–Crippen LogP) is 15.3. The van der Waals surface area contributed by atoms with E-state index in [1.807, 2.05) is 21.1 Å². The zero-order chi connectivity index (χ0) is 47.7. The Hall–Kier alpha value is -2.49. The lowest BCUT2D eigenvalue weighted by Crippen LogP contribution is -2.40. The smallest absolute Gasteiger partial charge is 0.361 e. The van der Waals surface area contributed by atoms with Crippen molar-refractivity contribution in [3.05, 3.63) is 36.5 Å². The van der Waals surface area contributed by atoms with Gasteiger partial charge in [0.2, 0.25) is 0 Å². The van der Waals surface area contributed by atoms with Gasteiger partial charge < -0.3 is 28.5 Å². The highest BCUT2D eigenvalue weighted by atomic mass is 16.7. The average Bonchev–Trinajstić information content (AvgIpc) is 3.27. The molecule has 0 aliphatic carbocycles. The van der Waals surface area contributed by atoms with Crippen LogP contribution in [0.1, 0.15) is 245 Å². The summed E-state index contributed by atoms with van der Waals surface area (Å²) in [6, 6.07) is 0. The van der Waals surface area contributed by atoms with Gasteiger partial charge in [0.25, 0.3) is 6.29 Å². The van der Waals surface area contributed by atoms with Gasteiger partial charge in [0.15, 0.2) is 6.10 Å². The van der Waals surface area contributed by atoms with E-state index in [1.165, 1.54) is 167 Å². The third-order valence-electron chi connectivity index (χ3n) is 11.9. The minimum Gasteiger partial charge on any atom is -0.477 e. The van der Waals surface area contributed by atoms with Crippen molar-refractivity contribution < 1.29 is 42.9 Å². The Morgan fingerprint density at radius 1 is 0.462 bits per heavy atom. The summed E-state index contributed by atoms with van der Waals surface area (Å²) in [4.78, 5) is 37.2. The Morgan fingerprint density at radius 3 is 1.23 bits per heavy atom. The monoisotopic (exact) mass is 919 g/mol. The van der Waals surface area contributed by atoms with Crippen LogP contribution >= 0.6 is 0 Å². The second-order valence-electron chi connectivity index (χ2n) is 19.5. The molecule has 0 radical (unpaired) electrons. The maximum Gasteiger partial charge on any atom is 0.361 e. The third kappa shape index (κ3) is 49.2. The molecule has 2 atom stereocenters. The van der Waals surface area contributed by atoms with Gasteiger partial charge in [-0.2, -0.15) is 0 Å². The van der Waals surface area contributed by atoms with Crippen molar-refractivity contribution in [1.82, 2.24) is 0 Å². The largest absolute Gasteiger partial charge is 0.477 e. The minimum atomic E-state index is -1.51. The number of carbonyl (C=O) groups is 3. The molecule has 0 saturated heterocycles. The number of esters is 2. The number of rotatable bonds is 50. The molecule has 0 bridgehead atoms. The molecule has 0 rings (SSSR count). The van der Waals surface area contributed by atoms with Gasteiger partial charge in [-0.3, -0.25) is 9.59 Å². The maximum absolute atomic E-state index is 12.8. The topological polar surface area (TPSA) is 108 Å². The minimum absolute atomic E-state index is 0.178. The van der Waals surface area contributed by atoms with E-state index in [0.29, 0.717) is 17.4 Å². The van der Waals surface area contributed by atoms with Crippen molar-refractivity contribution in [3.63, 3.8) is 0 Å². The summed E-state index contributed by atoms with van der Waals surface area (Å²) in [5, 5.41) is 9.66. The highest BCUT2D eigenvalue weighted by Gasteiger charge is 2.25. The summed E-state index contributed by atoms with van der Waals surface area (Å²) in [6.07, 6.45) is 53.7. The molecule has 0 aliphatic rings.